The summed E-state index contributed by atoms with van der Waals surface area (Å²) in [5.74, 6) is 0. The maximum atomic E-state index is 10.2. The van der Waals surface area contributed by atoms with Crippen LogP contribution in [0, 0.1) is 0 Å². The molecule has 2 nitrogen and oxygen atoms in total. The lowest BCUT2D eigenvalue weighted by Gasteiger charge is -1.98. The third-order valence-electron chi connectivity index (χ3n) is 0.523. The lowest BCUT2D eigenvalue weighted by Crippen LogP contribution is -2.04. The van der Waals surface area contributed by atoms with Gasteiger partial charge in [-0.1, -0.05) is 6.58 Å². The van der Waals surface area contributed by atoms with E-state index < -0.39 is 6.29 Å². The van der Waals surface area contributed by atoms with Crippen molar-refractivity contribution in [3.8, 4) is 0 Å². The van der Waals surface area contributed by atoms with Gasteiger partial charge in [0.05, 0.1) is 0 Å². The molecular weight excluding hydrogens is 92.1 g/mol. The molecule has 0 aliphatic heterocycles. The first-order valence-electron chi connectivity index (χ1n) is 2.21. The smallest absolute Gasteiger partial charge is 0.210 e. The van der Waals surface area contributed by atoms with Gasteiger partial charge in [-0.15, -0.1) is 0 Å². The van der Waals surface area contributed by atoms with Crippen LogP contribution >= 0.6 is 0 Å². The van der Waals surface area contributed by atoms with Gasteiger partial charge in [0.15, 0.2) is 0 Å². The van der Waals surface area contributed by atoms with Crippen molar-refractivity contribution in [1.82, 2.24) is 0 Å². The van der Waals surface area contributed by atoms with E-state index in [4.69, 9.17) is 0 Å². The van der Waals surface area contributed by atoms with E-state index in [-0.39, 0.29) is 0 Å². The largest absolute Gasteiger partial charge is 0.347 e. The maximum absolute atomic E-state index is 10.2. The van der Waals surface area contributed by atoms with Crippen molar-refractivity contribution < 1.29 is 9.84 Å². The Balaban J connectivity index is 2.98. The van der Waals surface area contributed by atoms with Gasteiger partial charge in [0.25, 0.3) is 0 Å². The van der Waals surface area contributed by atoms with Crippen molar-refractivity contribution in [1.29, 1.82) is 0 Å². The van der Waals surface area contributed by atoms with Crippen LogP contribution in [0.15, 0.2) is 12.7 Å². The molecule has 0 aliphatic rings. The van der Waals surface area contributed by atoms with Gasteiger partial charge < -0.3 is 4.74 Å². The van der Waals surface area contributed by atoms with Gasteiger partial charge in [-0.2, -0.15) is 5.11 Å². The van der Waals surface area contributed by atoms with E-state index in [9.17, 15) is 5.11 Å². The summed E-state index contributed by atoms with van der Waals surface area (Å²) in [6, 6.07) is 0. The Bertz CT molecular complexity index is 52.0. The maximum Gasteiger partial charge on any atom is 0.210 e. The summed E-state index contributed by atoms with van der Waals surface area (Å²) in [6.07, 6.45) is 0.189. The first-order valence-corrected chi connectivity index (χ1v) is 2.21. The van der Waals surface area contributed by atoms with E-state index in [0.717, 1.165) is 0 Å². The van der Waals surface area contributed by atoms with Crippen molar-refractivity contribution >= 4 is 0 Å². The van der Waals surface area contributed by atoms with Crippen molar-refractivity contribution in [3.63, 3.8) is 0 Å². The highest BCUT2D eigenvalue weighted by molar-refractivity contribution is 4.68. The quantitative estimate of drug-likeness (QED) is 0.384. The Morgan fingerprint density at radius 1 is 2.00 bits per heavy atom. The Labute approximate surface area is 43.4 Å². The average Bonchev–Trinajstić information content (AvgIpc) is 1.68. The van der Waals surface area contributed by atoms with E-state index in [2.05, 4.69) is 11.3 Å². The third-order valence-corrected chi connectivity index (χ3v) is 0.523. The molecule has 7 heavy (non-hydrogen) atoms. The number of hydrogen-bond acceptors (Lipinski definition) is 1. The Morgan fingerprint density at radius 2 is 2.57 bits per heavy atom. The minimum absolute atomic E-state index is 0.459. The van der Waals surface area contributed by atoms with E-state index in [1.54, 1.807) is 6.92 Å². The van der Waals surface area contributed by atoms with Gasteiger partial charge in [-0.25, -0.2) is 0 Å². The molecule has 0 saturated heterocycles. The zero-order chi connectivity index (χ0) is 5.70. The molecule has 0 fully saturated rings. The van der Waals surface area contributed by atoms with Crippen LogP contribution in [-0.2, 0) is 9.84 Å². The SMILES string of the molecule is C=CC([O])OCC. The molecule has 0 aromatic rings. The summed E-state index contributed by atoms with van der Waals surface area (Å²) in [7, 11) is 0. The van der Waals surface area contributed by atoms with Gasteiger partial charge >= 0.3 is 0 Å². The molecule has 0 aromatic heterocycles. The molecule has 0 saturated carbocycles. The van der Waals surface area contributed by atoms with E-state index in [1.165, 1.54) is 6.08 Å². The van der Waals surface area contributed by atoms with Crippen LogP contribution in [0.3, 0.4) is 0 Å². The van der Waals surface area contributed by atoms with Crippen LogP contribution in [-0.4, -0.2) is 12.9 Å². The van der Waals surface area contributed by atoms with Gasteiger partial charge in [-0.05, 0) is 13.0 Å². The molecule has 0 aliphatic carbocycles. The molecule has 0 heterocycles. The van der Waals surface area contributed by atoms with Gasteiger partial charge in [0.2, 0.25) is 6.29 Å². The van der Waals surface area contributed by atoms with Crippen LogP contribution in [0.25, 0.3) is 0 Å². The molecule has 0 N–H and O–H groups in total. The second-order valence-corrected chi connectivity index (χ2v) is 1.06. The van der Waals surface area contributed by atoms with Gasteiger partial charge in [0.1, 0.15) is 0 Å². The second-order valence-electron chi connectivity index (χ2n) is 1.06. The van der Waals surface area contributed by atoms with Crippen molar-refractivity contribution in [2.75, 3.05) is 6.61 Å². The fourth-order valence-corrected chi connectivity index (χ4v) is 0.232. The summed E-state index contributed by atoms with van der Waals surface area (Å²) in [5, 5.41) is 10.2. The van der Waals surface area contributed by atoms with Crippen LogP contribution in [0.5, 0.6) is 0 Å². The monoisotopic (exact) mass is 101 g/mol. The molecule has 0 spiro atoms. The van der Waals surface area contributed by atoms with Crippen molar-refractivity contribution in [3.05, 3.63) is 12.7 Å². The predicted molar refractivity (Wildman–Crippen MR) is 26.3 cm³/mol. The van der Waals surface area contributed by atoms with Crippen LogP contribution in [0.2, 0.25) is 0 Å². The molecule has 1 atom stereocenters. The minimum Gasteiger partial charge on any atom is -0.347 e. The zero-order valence-corrected chi connectivity index (χ0v) is 4.39. The Hall–Kier alpha value is -0.340. The summed E-state index contributed by atoms with van der Waals surface area (Å²) in [6.45, 7) is 5.47. The number of hydrogen-bond donors (Lipinski definition) is 0. The topological polar surface area (TPSA) is 29.1 Å². The molecule has 1 unspecified atom stereocenters. The highest BCUT2D eigenvalue weighted by Gasteiger charge is 1.92. The first-order chi connectivity index (χ1) is 3.31. The standard InChI is InChI=1S/C5H9O2/c1-3-5(6)7-4-2/h3,5H,1,4H2,2H3. The first kappa shape index (κ1) is 6.66. The van der Waals surface area contributed by atoms with Crippen molar-refractivity contribution in [2.24, 2.45) is 0 Å². The number of ether oxygens (including phenoxy) is 1. The average molecular weight is 101 g/mol. The van der Waals surface area contributed by atoms with Gasteiger partial charge in [0, 0.05) is 6.61 Å². The second kappa shape index (κ2) is 3.84. The van der Waals surface area contributed by atoms with Crippen LogP contribution in [0.4, 0.5) is 0 Å². The zero-order valence-electron chi connectivity index (χ0n) is 4.39. The lowest BCUT2D eigenvalue weighted by molar-refractivity contribution is -0.101. The fraction of sp³-hybridized carbons (Fsp3) is 0.600. The van der Waals surface area contributed by atoms with Crippen molar-refractivity contribution in [2.45, 2.75) is 13.2 Å². The highest BCUT2D eigenvalue weighted by atomic mass is 16.6. The summed E-state index contributed by atoms with van der Waals surface area (Å²) in [4.78, 5) is 0. The van der Waals surface area contributed by atoms with E-state index in [1.807, 2.05) is 0 Å². The van der Waals surface area contributed by atoms with Gasteiger partial charge in [-0.3, -0.25) is 0 Å². The number of rotatable bonds is 3. The summed E-state index contributed by atoms with van der Waals surface area (Å²) >= 11 is 0. The van der Waals surface area contributed by atoms with E-state index >= 15 is 0 Å². The summed E-state index contributed by atoms with van der Waals surface area (Å²) < 4.78 is 4.52. The molecule has 2 heteroatoms. The summed E-state index contributed by atoms with van der Waals surface area (Å²) in [5.41, 5.74) is 0. The van der Waals surface area contributed by atoms with Crippen LogP contribution in [0.1, 0.15) is 6.92 Å². The molecule has 0 amide bonds. The molecule has 41 valence electrons. The molecule has 0 aromatic carbocycles. The lowest BCUT2D eigenvalue weighted by atomic mass is 10.6. The molecule has 0 rings (SSSR count). The van der Waals surface area contributed by atoms with E-state index in [0.29, 0.717) is 6.61 Å². The Morgan fingerprint density at radius 3 is 2.71 bits per heavy atom. The molecular formula is C5H9O2. The highest BCUT2D eigenvalue weighted by Crippen LogP contribution is 1.84. The minimum atomic E-state index is -1.04. The third kappa shape index (κ3) is 3.49. The normalized spacial score (nSPS) is 13.4. The molecule has 0 bridgehead atoms. The Kier molecular flexibility index (Phi) is 3.65. The van der Waals surface area contributed by atoms with Crippen LogP contribution < -0.4 is 0 Å². The fourth-order valence-electron chi connectivity index (χ4n) is 0.232. The molecule has 1 radical (unpaired) electrons. The predicted octanol–water partition coefficient (Wildman–Crippen LogP) is 0.966.